The smallest absolute Gasteiger partial charge is 0.161 e. The average molecular weight is 258 g/mol. The number of para-hydroxylation sites is 1. The summed E-state index contributed by atoms with van der Waals surface area (Å²) >= 11 is 1.59. The summed E-state index contributed by atoms with van der Waals surface area (Å²) in [6, 6.07) is 8.00. The molecule has 1 aromatic heterocycles. The van der Waals surface area contributed by atoms with E-state index in [0.29, 0.717) is 6.42 Å². The normalized spacial score (nSPS) is 17.3. The lowest BCUT2D eigenvalue weighted by Gasteiger charge is -2.08. The number of carbonyl (C=O) groups excluding carboxylic acids is 1. The number of thiazole rings is 1. The molecule has 1 aromatic carbocycles. The predicted molar refractivity (Wildman–Crippen MR) is 73.1 cm³/mol. The number of fused-ring (bicyclic) bond motifs is 1. The van der Waals surface area contributed by atoms with Gasteiger partial charge in [0.25, 0.3) is 0 Å². The van der Waals surface area contributed by atoms with E-state index >= 15 is 0 Å². The summed E-state index contributed by atoms with van der Waals surface area (Å²) in [5.74, 6) is 0.219. The Morgan fingerprint density at radius 3 is 3.06 bits per heavy atom. The van der Waals surface area contributed by atoms with E-state index in [-0.39, 0.29) is 11.8 Å². The Bertz CT molecular complexity index is 566. The van der Waals surface area contributed by atoms with Crippen LogP contribution in [-0.2, 0) is 17.6 Å². The molecule has 0 bridgehead atoms. The number of hydrogen-bond acceptors (Lipinski definition) is 4. The monoisotopic (exact) mass is 258 g/mol. The van der Waals surface area contributed by atoms with Gasteiger partial charge in [0, 0.05) is 17.5 Å². The largest absolute Gasteiger partial charge is 0.375 e. The van der Waals surface area contributed by atoms with Gasteiger partial charge in [-0.3, -0.25) is 4.79 Å². The highest BCUT2D eigenvalue weighted by Gasteiger charge is 2.26. The van der Waals surface area contributed by atoms with Crippen LogP contribution in [0.5, 0.6) is 0 Å². The van der Waals surface area contributed by atoms with Gasteiger partial charge in [0.2, 0.25) is 0 Å². The van der Waals surface area contributed by atoms with Crippen LogP contribution >= 0.6 is 11.3 Å². The molecular weight excluding hydrogens is 244 g/mol. The molecule has 0 radical (unpaired) electrons. The number of anilines is 1. The van der Waals surface area contributed by atoms with Crippen LogP contribution in [0.3, 0.4) is 0 Å². The first-order chi connectivity index (χ1) is 8.72. The van der Waals surface area contributed by atoms with Gasteiger partial charge < -0.3 is 5.32 Å². The molecule has 0 amide bonds. The Kier molecular flexibility index (Phi) is 2.88. The fourth-order valence-electron chi connectivity index (χ4n) is 2.28. The van der Waals surface area contributed by atoms with Crippen molar-refractivity contribution in [1.29, 1.82) is 0 Å². The Morgan fingerprint density at radius 2 is 2.33 bits per heavy atom. The molecule has 0 spiro atoms. The molecule has 3 nitrogen and oxygen atoms in total. The van der Waals surface area contributed by atoms with Gasteiger partial charge in [-0.25, -0.2) is 4.98 Å². The van der Waals surface area contributed by atoms with Crippen LogP contribution in [0.4, 0.5) is 5.69 Å². The topological polar surface area (TPSA) is 42.0 Å². The first-order valence-electron chi connectivity index (χ1n) is 6.00. The summed E-state index contributed by atoms with van der Waals surface area (Å²) in [7, 11) is 0. The lowest BCUT2D eigenvalue weighted by molar-refractivity contribution is -0.119. The minimum absolute atomic E-state index is 0.0931. The highest BCUT2D eigenvalue weighted by molar-refractivity contribution is 7.09. The molecule has 4 heteroatoms. The Labute approximate surface area is 110 Å². The molecule has 3 rings (SSSR count). The van der Waals surface area contributed by atoms with Crippen LogP contribution in [0.25, 0.3) is 0 Å². The van der Waals surface area contributed by atoms with Crippen molar-refractivity contribution in [2.24, 2.45) is 0 Å². The molecule has 1 N–H and O–H groups in total. The molecule has 0 fully saturated rings. The molecule has 0 saturated heterocycles. The van der Waals surface area contributed by atoms with Gasteiger partial charge >= 0.3 is 0 Å². The molecule has 2 heterocycles. The van der Waals surface area contributed by atoms with Crippen LogP contribution in [0.1, 0.15) is 16.3 Å². The van der Waals surface area contributed by atoms with Crippen LogP contribution in [-0.4, -0.2) is 16.8 Å². The summed E-state index contributed by atoms with van der Waals surface area (Å²) in [5.41, 5.74) is 3.20. The van der Waals surface area contributed by atoms with Crippen molar-refractivity contribution in [1.82, 2.24) is 4.98 Å². The summed E-state index contributed by atoms with van der Waals surface area (Å²) in [6.45, 7) is 1.96. The van der Waals surface area contributed by atoms with E-state index in [1.807, 2.05) is 30.5 Å². The van der Waals surface area contributed by atoms with Crippen LogP contribution in [0.2, 0.25) is 0 Å². The molecule has 2 aromatic rings. The third-order valence-corrected chi connectivity index (χ3v) is 4.00. The van der Waals surface area contributed by atoms with E-state index in [2.05, 4.69) is 16.4 Å². The van der Waals surface area contributed by atoms with Crippen molar-refractivity contribution in [3.8, 4) is 0 Å². The van der Waals surface area contributed by atoms with Crippen LogP contribution in [0.15, 0.2) is 29.6 Å². The van der Waals surface area contributed by atoms with Crippen molar-refractivity contribution in [3.63, 3.8) is 0 Å². The number of benzene rings is 1. The zero-order valence-corrected chi connectivity index (χ0v) is 11.0. The number of nitrogens with one attached hydrogen (secondary N) is 1. The quantitative estimate of drug-likeness (QED) is 0.920. The number of aryl methyl sites for hydroxylation is 1. The fraction of sp³-hybridized carbons (Fsp3) is 0.286. The second-order valence-electron chi connectivity index (χ2n) is 4.56. The molecule has 0 aliphatic carbocycles. The molecule has 1 aliphatic rings. The van der Waals surface area contributed by atoms with Gasteiger partial charge in [-0.15, -0.1) is 11.3 Å². The molecule has 0 saturated carbocycles. The van der Waals surface area contributed by atoms with Crippen LogP contribution < -0.4 is 5.32 Å². The number of hydrogen-bond donors (Lipinski definition) is 1. The maximum atomic E-state index is 12.2. The second kappa shape index (κ2) is 4.53. The van der Waals surface area contributed by atoms with Gasteiger partial charge in [0.15, 0.2) is 5.78 Å². The number of nitrogens with zero attached hydrogens (tertiary/aromatic N) is 1. The SMILES string of the molecule is Cc1nc(CC(=O)C2Cc3ccccc3N2)cs1. The zero-order chi connectivity index (χ0) is 12.5. The molecule has 18 heavy (non-hydrogen) atoms. The highest BCUT2D eigenvalue weighted by Crippen LogP contribution is 2.26. The van der Waals surface area contributed by atoms with Gasteiger partial charge in [-0.1, -0.05) is 18.2 Å². The van der Waals surface area contributed by atoms with E-state index in [4.69, 9.17) is 0 Å². The first-order valence-corrected chi connectivity index (χ1v) is 6.88. The van der Waals surface area contributed by atoms with E-state index < -0.39 is 0 Å². The summed E-state index contributed by atoms with van der Waals surface area (Å²) in [6.07, 6.45) is 1.22. The molecular formula is C14H14N2OS. The number of carbonyl (C=O) groups is 1. The maximum absolute atomic E-state index is 12.2. The molecule has 1 unspecified atom stereocenters. The summed E-state index contributed by atoms with van der Waals surface area (Å²) in [4.78, 5) is 16.5. The first kappa shape index (κ1) is 11.4. The van der Waals surface area contributed by atoms with Gasteiger partial charge in [0.05, 0.1) is 23.2 Å². The zero-order valence-electron chi connectivity index (χ0n) is 10.1. The van der Waals surface area contributed by atoms with Gasteiger partial charge in [-0.2, -0.15) is 0 Å². The van der Waals surface area contributed by atoms with E-state index in [1.54, 1.807) is 11.3 Å². The van der Waals surface area contributed by atoms with Crippen molar-refractivity contribution in [2.75, 3.05) is 5.32 Å². The fourth-order valence-corrected chi connectivity index (χ4v) is 2.90. The number of ketones is 1. The van der Waals surface area contributed by atoms with E-state index in [0.717, 1.165) is 22.8 Å². The maximum Gasteiger partial charge on any atom is 0.161 e. The number of rotatable bonds is 3. The van der Waals surface area contributed by atoms with E-state index in [1.165, 1.54) is 5.56 Å². The minimum Gasteiger partial charge on any atom is -0.375 e. The van der Waals surface area contributed by atoms with Crippen molar-refractivity contribution in [2.45, 2.75) is 25.8 Å². The molecule has 1 atom stereocenters. The van der Waals surface area contributed by atoms with Crippen molar-refractivity contribution >= 4 is 22.8 Å². The number of Topliss-reactive ketones (excluding diaryl/α,β-unsaturated/α-hetero) is 1. The molecule has 92 valence electrons. The molecule has 1 aliphatic heterocycles. The Hall–Kier alpha value is -1.68. The highest BCUT2D eigenvalue weighted by atomic mass is 32.1. The standard InChI is InChI=1S/C14H14N2OS/c1-9-15-11(8-18-9)7-14(17)13-6-10-4-2-3-5-12(10)16-13/h2-5,8,13,16H,6-7H2,1H3. The predicted octanol–water partition coefficient (Wildman–Crippen LogP) is 2.60. The average Bonchev–Trinajstić information content (AvgIpc) is 2.95. The van der Waals surface area contributed by atoms with Crippen molar-refractivity contribution < 1.29 is 4.79 Å². The Morgan fingerprint density at radius 1 is 1.50 bits per heavy atom. The van der Waals surface area contributed by atoms with Gasteiger partial charge in [-0.05, 0) is 18.6 Å². The third kappa shape index (κ3) is 2.16. The summed E-state index contributed by atoms with van der Waals surface area (Å²) < 4.78 is 0. The lowest BCUT2D eigenvalue weighted by atomic mass is 10.0. The second-order valence-corrected chi connectivity index (χ2v) is 5.62. The lowest BCUT2D eigenvalue weighted by Crippen LogP contribution is -2.28. The number of aromatic nitrogens is 1. The summed E-state index contributed by atoms with van der Waals surface area (Å²) in [5, 5.41) is 6.27. The third-order valence-electron chi connectivity index (χ3n) is 3.18. The van der Waals surface area contributed by atoms with Gasteiger partial charge in [0.1, 0.15) is 0 Å². The Balaban J connectivity index is 1.69. The van der Waals surface area contributed by atoms with Crippen molar-refractivity contribution in [3.05, 3.63) is 45.9 Å². The minimum atomic E-state index is -0.0931. The van der Waals surface area contributed by atoms with E-state index in [9.17, 15) is 4.79 Å². The van der Waals surface area contributed by atoms with Crippen LogP contribution in [0, 0.1) is 6.92 Å².